The number of nitrogens with zero attached hydrogens (tertiary/aromatic N) is 3. The molecule has 0 aliphatic carbocycles. The lowest BCUT2D eigenvalue weighted by molar-refractivity contribution is -0.129. The zero-order chi connectivity index (χ0) is 17.6. The molecular weight excluding hydrogens is 324 g/mol. The Balaban J connectivity index is 1.56. The number of benzene rings is 1. The quantitative estimate of drug-likeness (QED) is 0.825. The van der Waals surface area contributed by atoms with Crippen LogP contribution >= 0.6 is 0 Å². The normalized spacial score (nSPS) is 13.8. The zero-order valence-corrected chi connectivity index (χ0v) is 14.0. The van der Waals surface area contributed by atoms with Crippen LogP contribution in [0.4, 0.5) is 4.79 Å². The Morgan fingerprint density at radius 2 is 2.16 bits per heavy atom. The van der Waals surface area contributed by atoms with Crippen LogP contribution in [0.1, 0.15) is 25.7 Å². The molecule has 3 amide bonds. The van der Waals surface area contributed by atoms with Gasteiger partial charge in [-0.15, -0.1) is 0 Å². The highest BCUT2D eigenvalue weighted by atomic mass is 16.5. The molecular formula is C17H20N4O4. The molecule has 0 atom stereocenters. The van der Waals surface area contributed by atoms with Crippen LogP contribution in [0, 0.1) is 0 Å². The molecule has 3 rings (SSSR count). The van der Waals surface area contributed by atoms with E-state index in [9.17, 15) is 9.59 Å². The van der Waals surface area contributed by atoms with Crippen molar-refractivity contribution < 1.29 is 18.8 Å². The second-order valence-corrected chi connectivity index (χ2v) is 5.71. The maximum absolute atomic E-state index is 11.9. The Morgan fingerprint density at radius 1 is 1.36 bits per heavy atom. The largest absolute Gasteiger partial charge is 0.484 e. The highest BCUT2D eigenvalue weighted by molar-refractivity contribution is 5.96. The molecule has 1 aromatic carbocycles. The molecule has 8 heteroatoms. The first-order chi connectivity index (χ1) is 12.2. The first-order valence-corrected chi connectivity index (χ1v) is 8.31. The molecule has 1 aliphatic heterocycles. The standard InChI is InChI=1S/C17H20N4O4/c1-2-3-4-14-19-16(20-25-14)12-5-7-13(8-6-12)24-11-15(22)21-10-9-18-17(21)23/h5-8H,2-4,9-11H2,1H3,(H,18,23). The zero-order valence-electron chi connectivity index (χ0n) is 14.0. The van der Waals surface area contributed by atoms with Gasteiger partial charge in [0.15, 0.2) is 6.61 Å². The van der Waals surface area contributed by atoms with Gasteiger partial charge in [0.25, 0.3) is 5.91 Å². The Kier molecular flexibility index (Phi) is 5.27. The summed E-state index contributed by atoms with van der Waals surface area (Å²) in [5.74, 6) is 1.33. The van der Waals surface area contributed by atoms with Gasteiger partial charge in [0.1, 0.15) is 5.75 Å². The van der Waals surface area contributed by atoms with Crippen LogP contribution in [0.2, 0.25) is 0 Å². The van der Waals surface area contributed by atoms with Crippen molar-refractivity contribution in [2.45, 2.75) is 26.2 Å². The summed E-state index contributed by atoms with van der Waals surface area (Å²) in [7, 11) is 0. The fourth-order valence-corrected chi connectivity index (χ4v) is 2.43. The SMILES string of the molecule is CCCCc1nc(-c2ccc(OCC(=O)N3CCNC3=O)cc2)no1. The molecule has 1 aromatic heterocycles. The average molecular weight is 344 g/mol. The number of ether oxygens (including phenoxy) is 1. The van der Waals surface area contributed by atoms with E-state index in [2.05, 4.69) is 22.4 Å². The second-order valence-electron chi connectivity index (χ2n) is 5.71. The van der Waals surface area contributed by atoms with Crippen molar-refractivity contribution in [2.75, 3.05) is 19.7 Å². The number of aromatic nitrogens is 2. The van der Waals surface area contributed by atoms with Crippen molar-refractivity contribution in [3.05, 3.63) is 30.2 Å². The highest BCUT2D eigenvalue weighted by Crippen LogP contribution is 2.20. The van der Waals surface area contributed by atoms with Crippen molar-refractivity contribution in [1.82, 2.24) is 20.4 Å². The topological polar surface area (TPSA) is 97.6 Å². The second kappa shape index (κ2) is 7.78. The number of carbonyl (C=O) groups is 2. The van der Waals surface area contributed by atoms with Crippen LogP contribution in [0.15, 0.2) is 28.8 Å². The summed E-state index contributed by atoms with van der Waals surface area (Å²) in [6.07, 6.45) is 2.86. The molecule has 1 N–H and O–H groups in total. The summed E-state index contributed by atoms with van der Waals surface area (Å²) in [5, 5.41) is 6.55. The van der Waals surface area contributed by atoms with Gasteiger partial charge in [-0.2, -0.15) is 4.98 Å². The molecule has 0 radical (unpaired) electrons. The molecule has 25 heavy (non-hydrogen) atoms. The van der Waals surface area contributed by atoms with E-state index >= 15 is 0 Å². The van der Waals surface area contributed by atoms with Gasteiger partial charge in [-0.25, -0.2) is 4.79 Å². The molecule has 0 spiro atoms. The predicted octanol–water partition coefficient (Wildman–Crippen LogP) is 2.01. The third-order valence-electron chi connectivity index (χ3n) is 3.84. The summed E-state index contributed by atoms with van der Waals surface area (Å²) < 4.78 is 10.7. The lowest BCUT2D eigenvalue weighted by Crippen LogP contribution is -2.37. The fraction of sp³-hybridized carbons (Fsp3) is 0.412. The van der Waals surface area contributed by atoms with Crippen molar-refractivity contribution in [2.24, 2.45) is 0 Å². The maximum atomic E-state index is 11.9. The van der Waals surface area contributed by atoms with Gasteiger partial charge in [-0.1, -0.05) is 18.5 Å². The first kappa shape index (κ1) is 16.9. The molecule has 2 heterocycles. The van der Waals surface area contributed by atoms with Gasteiger partial charge in [-0.05, 0) is 30.7 Å². The number of hydrogen-bond acceptors (Lipinski definition) is 6. The van der Waals surface area contributed by atoms with Crippen LogP contribution in [0.5, 0.6) is 5.75 Å². The fourth-order valence-electron chi connectivity index (χ4n) is 2.43. The van der Waals surface area contributed by atoms with Crippen molar-refractivity contribution in [3.8, 4) is 17.1 Å². The monoisotopic (exact) mass is 344 g/mol. The van der Waals surface area contributed by atoms with E-state index < -0.39 is 0 Å². The van der Waals surface area contributed by atoms with Crippen LogP contribution in [0.3, 0.4) is 0 Å². The molecule has 8 nitrogen and oxygen atoms in total. The number of carbonyl (C=O) groups excluding carboxylic acids is 2. The van der Waals surface area contributed by atoms with E-state index in [-0.39, 0.29) is 18.5 Å². The Bertz CT molecular complexity index is 741. The first-order valence-electron chi connectivity index (χ1n) is 8.31. The predicted molar refractivity (Wildman–Crippen MR) is 89.0 cm³/mol. The number of imide groups is 1. The van der Waals surface area contributed by atoms with Gasteiger partial charge in [0, 0.05) is 25.1 Å². The minimum absolute atomic E-state index is 0.184. The summed E-state index contributed by atoms with van der Waals surface area (Å²) >= 11 is 0. The smallest absolute Gasteiger partial charge is 0.324 e. The number of aryl methyl sites for hydroxylation is 1. The number of nitrogens with one attached hydrogen (secondary N) is 1. The Labute approximate surface area is 145 Å². The molecule has 132 valence electrons. The maximum Gasteiger partial charge on any atom is 0.324 e. The molecule has 0 unspecified atom stereocenters. The van der Waals surface area contributed by atoms with Crippen LogP contribution < -0.4 is 10.1 Å². The van der Waals surface area contributed by atoms with E-state index in [1.54, 1.807) is 24.3 Å². The van der Waals surface area contributed by atoms with Gasteiger partial charge in [-0.3, -0.25) is 9.69 Å². The highest BCUT2D eigenvalue weighted by Gasteiger charge is 2.26. The van der Waals surface area contributed by atoms with Crippen LogP contribution in [-0.4, -0.2) is 46.7 Å². The summed E-state index contributed by atoms with van der Waals surface area (Å²) in [6, 6.07) is 6.69. The third-order valence-corrected chi connectivity index (χ3v) is 3.84. The molecule has 1 fully saturated rings. The lowest BCUT2D eigenvalue weighted by atomic mass is 10.2. The average Bonchev–Trinajstić information content (AvgIpc) is 3.27. The summed E-state index contributed by atoms with van der Waals surface area (Å²) in [5.41, 5.74) is 0.809. The van der Waals surface area contributed by atoms with E-state index in [0.717, 1.165) is 29.7 Å². The van der Waals surface area contributed by atoms with Crippen LogP contribution in [0.25, 0.3) is 11.4 Å². The van der Waals surface area contributed by atoms with Gasteiger partial charge < -0.3 is 14.6 Å². The number of urea groups is 1. The van der Waals surface area contributed by atoms with Gasteiger partial charge in [0.05, 0.1) is 0 Å². The molecule has 1 aliphatic rings. The number of amides is 3. The number of unbranched alkanes of at least 4 members (excludes halogenated alkanes) is 1. The Morgan fingerprint density at radius 3 is 2.84 bits per heavy atom. The Hall–Kier alpha value is -2.90. The van der Waals surface area contributed by atoms with E-state index in [4.69, 9.17) is 9.26 Å². The van der Waals surface area contributed by atoms with Gasteiger partial charge in [0.2, 0.25) is 11.7 Å². The van der Waals surface area contributed by atoms with Gasteiger partial charge >= 0.3 is 6.03 Å². The molecule has 0 saturated carbocycles. The number of hydrogen-bond donors (Lipinski definition) is 1. The molecule has 0 bridgehead atoms. The van der Waals surface area contributed by atoms with E-state index in [1.165, 1.54) is 0 Å². The van der Waals surface area contributed by atoms with E-state index in [0.29, 0.717) is 30.6 Å². The van der Waals surface area contributed by atoms with Crippen LogP contribution in [-0.2, 0) is 11.2 Å². The summed E-state index contributed by atoms with van der Waals surface area (Å²) in [4.78, 5) is 28.8. The third kappa shape index (κ3) is 4.14. The van der Waals surface area contributed by atoms with E-state index in [1.807, 2.05) is 0 Å². The molecule has 1 saturated heterocycles. The van der Waals surface area contributed by atoms with Crippen molar-refractivity contribution in [1.29, 1.82) is 0 Å². The van der Waals surface area contributed by atoms with Crippen molar-refractivity contribution >= 4 is 11.9 Å². The minimum atomic E-state index is -0.375. The minimum Gasteiger partial charge on any atom is -0.484 e. The summed E-state index contributed by atoms with van der Waals surface area (Å²) in [6.45, 7) is 2.77. The number of rotatable bonds is 7. The van der Waals surface area contributed by atoms with Crippen molar-refractivity contribution in [3.63, 3.8) is 0 Å². The molecule has 2 aromatic rings. The lowest BCUT2D eigenvalue weighted by Gasteiger charge is -2.12.